The molecule has 0 radical (unpaired) electrons. The van der Waals surface area contributed by atoms with Gasteiger partial charge < -0.3 is 18.7 Å². The van der Waals surface area contributed by atoms with Gasteiger partial charge >= 0.3 is 5.97 Å². The molecule has 3 heterocycles. The van der Waals surface area contributed by atoms with Gasteiger partial charge in [-0.1, -0.05) is 11.2 Å². The maximum absolute atomic E-state index is 12.6. The van der Waals surface area contributed by atoms with E-state index in [-0.39, 0.29) is 31.5 Å². The predicted octanol–water partition coefficient (Wildman–Crippen LogP) is 2.96. The lowest BCUT2D eigenvalue weighted by Crippen LogP contribution is -2.40. The molecule has 0 N–H and O–H groups in total. The van der Waals surface area contributed by atoms with Gasteiger partial charge in [-0.3, -0.25) is 4.79 Å². The van der Waals surface area contributed by atoms with Gasteiger partial charge in [-0.25, -0.2) is 8.42 Å². The van der Waals surface area contributed by atoms with E-state index >= 15 is 0 Å². The Bertz CT molecular complexity index is 1200. The standard InChI is InChI=1S/C21H23N3O7S2/c1-28-15-5-6-16(17(12-15)29-2)20-22-18(31-23-20)13-30-21(25)14-7-9-24(10-8-14)33(26,27)19-4-3-11-32-19/h3-6,11-12,14H,7-10,13H2,1-2H3. The van der Waals surface area contributed by atoms with E-state index in [4.69, 9.17) is 18.7 Å². The first-order chi connectivity index (χ1) is 15.9. The molecule has 0 atom stereocenters. The largest absolute Gasteiger partial charge is 0.497 e. The molecule has 4 rings (SSSR count). The number of rotatable bonds is 8. The molecule has 0 saturated carbocycles. The zero-order valence-electron chi connectivity index (χ0n) is 18.1. The van der Waals surface area contributed by atoms with Crippen LogP contribution in [0.3, 0.4) is 0 Å². The molecule has 10 nitrogen and oxygen atoms in total. The van der Waals surface area contributed by atoms with E-state index in [1.165, 1.54) is 22.8 Å². The van der Waals surface area contributed by atoms with Crippen LogP contribution in [0.2, 0.25) is 0 Å². The predicted molar refractivity (Wildman–Crippen MR) is 118 cm³/mol. The number of thiophene rings is 1. The Hall–Kier alpha value is -2.96. The number of sulfonamides is 1. The van der Waals surface area contributed by atoms with Crippen molar-refractivity contribution in [2.45, 2.75) is 23.7 Å². The quantitative estimate of drug-likeness (QED) is 0.436. The first-order valence-corrected chi connectivity index (χ1v) is 12.5. The number of hydrogen-bond acceptors (Lipinski definition) is 10. The summed E-state index contributed by atoms with van der Waals surface area (Å²) in [6, 6.07) is 8.49. The fraction of sp³-hybridized carbons (Fsp3) is 0.381. The van der Waals surface area contributed by atoms with E-state index in [1.807, 2.05) is 0 Å². The Labute approximate surface area is 195 Å². The van der Waals surface area contributed by atoms with Crippen LogP contribution in [0.5, 0.6) is 11.5 Å². The summed E-state index contributed by atoms with van der Waals surface area (Å²) in [4.78, 5) is 16.8. The average molecular weight is 494 g/mol. The molecule has 1 aliphatic heterocycles. The molecule has 0 unspecified atom stereocenters. The Morgan fingerprint density at radius 2 is 2.00 bits per heavy atom. The maximum Gasteiger partial charge on any atom is 0.309 e. The van der Waals surface area contributed by atoms with Crippen molar-refractivity contribution in [3.8, 4) is 22.9 Å². The van der Waals surface area contributed by atoms with Gasteiger partial charge in [-0.15, -0.1) is 11.3 Å². The molecule has 0 aliphatic carbocycles. The molecule has 12 heteroatoms. The second kappa shape index (κ2) is 9.89. The highest BCUT2D eigenvalue weighted by Crippen LogP contribution is 2.32. The molecule has 0 amide bonds. The van der Waals surface area contributed by atoms with Crippen LogP contribution in [0, 0.1) is 5.92 Å². The number of aromatic nitrogens is 2. The zero-order chi connectivity index (χ0) is 23.4. The third-order valence-electron chi connectivity index (χ3n) is 5.33. The molecule has 2 aromatic heterocycles. The monoisotopic (exact) mass is 493 g/mol. The van der Waals surface area contributed by atoms with Gasteiger partial charge in [0.25, 0.3) is 15.9 Å². The van der Waals surface area contributed by atoms with Gasteiger partial charge in [0.2, 0.25) is 5.82 Å². The van der Waals surface area contributed by atoms with Crippen molar-refractivity contribution in [1.82, 2.24) is 14.4 Å². The van der Waals surface area contributed by atoms with Crippen molar-refractivity contribution < 1.29 is 31.9 Å². The summed E-state index contributed by atoms with van der Waals surface area (Å²) in [5, 5.41) is 5.66. The van der Waals surface area contributed by atoms with Crippen molar-refractivity contribution >= 4 is 27.3 Å². The topological polar surface area (TPSA) is 121 Å². The molecule has 1 saturated heterocycles. The maximum atomic E-state index is 12.6. The van der Waals surface area contributed by atoms with E-state index in [2.05, 4.69) is 10.1 Å². The summed E-state index contributed by atoms with van der Waals surface area (Å²) < 4.78 is 48.0. The number of methoxy groups -OCH3 is 2. The summed E-state index contributed by atoms with van der Waals surface area (Å²) in [7, 11) is -0.426. The van der Waals surface area contributed by atoms with Crippen molar-refractivity contribution in [3.63, 3.8) is 0 Å². The minimum Gasteiger partial charge on any atom is -0.497 e. The Kier molecular flexibility index (Phi) is 6.96. The smallest absolute Gasteiger partial charge is 0.309 e. The van der Waals surface area contributed by atoms with Crippen LogP contribution in [-0.4, -0.2) is 56.1 Å². The average Bonchev–Trinajstić information content (AvgIpc) is 3.55. The van der Waals surface area contributed by atoms with Gasteiger partial charge in [0.1, 0.15) is 15.7 Å². The molecule has 33 heavy (non-hydrogen) atoms. The van der Waals surface area contributed by atoms with Crippen LogP contribution >= 0.6 is 11.3 Å². The number of carbonyl (C=O) groups is 1. The lowest BCUT2D eigenvalue weighted by atomic mass is 9.98. The molecular weight excluding hydrogens is 470 g/mol. The van der Waals surface area contributed by atoms with Crippen LogP contribution in [0.4, 0.5) is 0 Å². The van der Waals surface area contributed by atoms with Gasteiger partial charge in [0, 0.05) is 19.2 Å². The van der Waals surface area contributed by atoms with Gasteiger partial charge in [-0.05, 0) is 36.4 Å². The summed E-state index contributed by atoms with van der Waals surface area (Å²) in [6.45, 7) is 0.363. The first kappa shape index (κ1) is 23.2. The lowest BCUT2D eigenvalue weighted by Gasteiger charge is -2.29. The normalized spacial score (nSPS) is 15.3. The van der Waals surface area contributed by atoms with Gasteiger partial charge in [0.15, 0.2) is 6.61 Å². The van der Waals surface area contributed by atoms with E-state index < -0.39 is 16.0 Å². The third-order valence-corrected chi connectivity index (χ3v) is 8.60. The highest BCUT2D eigenvalue weighted by Gasteiger charge is 2.33. The Morgan fingerprint density at radius 1 is 1.21 bits per heavy atom. The molecule has 176 valence electrons. The molecule has 0 spiro atoms. The van der Waals surface area contributed by atoms with E-state index in [1.54, 1.807) is 42.8 Å². The van der Waals surface area contributed by atoms with Crippen molar-refractivity contribution in [2.75, 3.05) is 27.3 Å². The fourth-order valence-corrected chi connectivity index (χ4v) is 6.14. The second-order valence-corrected chi connectivity index (χ2v) is 10.4. The minimum atomic E-state index is -3.51. The van der Waals surface area contributed by atoms with E-state index in [0.717, 1.165) is 0 Å². The van der Waals surface area contributed by atoms with Gasteiger partial charge in [-0.2, -0.15) is 9.29 Å². The number of ether oxygens (including phenoxy) is 3. The number of benzene rings is 1. The Balaban J connectivity index is 1.32. The molecule has 0 bridgehead atoms. The summed E-state index contributed by atoms with van der Waals surface area (Å²) in [5.74, 6) is 0.792. The summed E-state index contributed by atoms with van der Waals surface area (Å²) in [5.41, 5.74) is 0.610. The number of piperidine rings is 1. The van der Waals surface area contributed by atoms with E-state index in [0.29, 0.717) is 39.9 Å². The lowest BCUT2D eigenvalue weighted by molar-refractivity contribution is -0.152. The third kappa shape index (κ3) is 5.02. The minimum absolute atomic E-state index is 0.147. The van der Waals surface area contributed by atoms with Crippen LogP contribution in [-0.2, 0) is 26.2 Å². The number of esters is 1. The van der Waals surface area contributed by atoms with Crippen molar-refractivity contribution in [2.24, 2.45) is 5.92 Å². The Morgan fingerprint density at radius 3 is 2.67 bits per heavy atom. The SMILES string of the molecule is COc1ccc(-c2noc(COC(=O)C3CCN(S(=O)(=O)c4cccs4)CC3)n2)c(OC)c1. The van der Waals surface area contributed by atoms with Crippen LogP contribution < -0.4 is 9.47 Å². The molecule has 3 aromatic rings. The van der Waals surface area contributed by atoms with Crippen molar-refractivity contribution in [3.05, 3.63) is 41.6 Å². The van der Waals surface area contributed by atoms with Crippen LogP contribution in [0.1, 0.15) is 18.7 Å². The second-order valence-electron chi connectivity index (χ2n) is 7.30. The van der Waals surface area contributed by atoms with E-state index in [9.17, 15) is 13.2 Å². The summed E-state index contributed by atoms with van der Waals surface area (Å²) >= 11 is 1.18. The number of nitrogens with zero attached hydrogens (tertiary/aromatic N) is 3. The highest BCUT2D eigenvalue weighted by atomic mass is 32.2. The molecular formula is C21H23N3O7S2. The first-order valence-electron chi connectivity index (χ1n) is 10.2. The number of hydrogen-bond donors (Lipinski definition) is 0. The van der Waals surface area contributed by atoms with Crippen LogP contribution in [0.15, 0.2) is 44.4 Å². The molecule has 1 aliphatic rings. The zero-order valence-corrected chi connectivity index (χ0v) is 19.7. The molecule has 1 fully saturated rings. The van der Waals surface area contributed by atoms with Gasteiger partial charge in [0.05, 0.1) is 25.7 Å². The number of carbonyl (C=O) groups excluding carboxylic acids is 1. The van der Waals surface area contributed by atoms with Crippen molar-refractivity contribution in [1.29, 1.82) is 0 Å². The highest BCUT2D eigenvalue weighted by molar-refractivity contribution is 7.91. The summed E-state index contributed by atoms with van der Waals surface area (Å²) in [6.07, 6.45) is 0.781. The molecule has 1 aromatic carbocycles. The van der Waals surface area contributed by atoms with Crippen LogP contribution in [0.25, 0.3) is 11.4 Å². The fourth-order valence-electron chi connectivity index (χ4n) is 3.53.